The zero-order valence-electron chi connectivity index (χ0n) is 12.6. The smallest absolute Gasteiger partial charge is 0.450 e. The molecule has 3 rings (SSSR count). The van der Waals surface area contributed by atoms with Crippen molar-refractivity contribution in [3.63, 3.8) is 0 Å². The molecule has 0 aliphatic rings. The number of alkyl halides is 3. The van der Waals surface area contributed by atoms with Crippen LogP contribution in [0.25, 0.3) is 11.0 Å². The van der Waals surface area contributed by atoms with E-state index in [2.05, 4.69) is 4.99 Å². The Kier molecular flexibility index (Phi) is 3.97. The summed E-state index contributed by atoms with van der Waals surface area (Å²) >= 11 is 0. The molecule has 6 heteroatoms. The van der Waals surface area contributed by atoms with Crippen LogP contribution in [-0.4, -0.2) is 11.6 Å². The van der Waals surface area contributed by atoms with Crippen molar-refractivity contribution in [3.05, 3.63) is 71.5 Å². The maximum absolute atomic E-state index is 13.5. The number of carbonyl (C=O) groups excluding carboxylic acids is 1. The number of fused-ring (bicyclic) bond motifs is 1. The van der Waals surface area contributed by atoms with Gasteiger partial charge in [0.05, 0.1) is 11.3 Å². The first-order valence-corrected chi connectivity index (χ1v) is 7.11. The van der Waals surface area contributed by atoms with Crippen LogP contribution in [-0.2, 0) is 11.0 Å². The number of furan rings is 1. The Morgan fingerprint density at radius 2 is 1.62 bits per heavy atom. The second-order valence-electron chi connectivity index (χ2n) is 5.15. The Balaban J connectivity index is 2.38. The van der Waals surface area contributed by atoms with E-state index in [0.717, 1.165) is 0 Å². The van der Waals surface area contributed by atoms with Crippen molar-refractivity contribution in [1.29, 1.82) is 0 Å². The molecular formula is C18H12F3NO2. The Bertz CT molecular complexity index is 924. The molecule has 24 heavy (non-hydrogen) atoms. The van der Waals surface area contributed by atoms with Gasteiger partial charge in [-0.3, -0.25) is 4.79 Å². The van der Waals surface area contributed by atoms with Crippen LogP contribution in [0.3, 0.4) is 0 Å². The number of amides is 1. The van der Waals surface area contributed by atoms with Gasteiger partial charge in [0, 0.05) is 17.9 Å². The van der Waals surface area contributed by atoms with Crippen LogP contribution in [0.1, 0.15) is 23.8 Å². The molecule has 2 aromatic carbocycles. The van der Waals surface area contributed by atoms with Gasteiger partial charge in [-0.05, 0) is 6.07 Å². The number of rotatable bonds is 2. The zero-order chi connectivity index (χ0) is 17.3. The Labute approximate surface area is 135 Å². The van der Waals surface area contributed by atoms with Crippen molar-refractivity contribution in [3.8, 4) is 0 Å². The first kappa shape index (κ1) is 16.0. The van der Waals surface area contributed by atoms with Crippen LogP contribution >= 0.6 is 0 Å². The monoisotopic (exact) mass is 331 g/mol. The molecule has 0 saturated carbocycles. The van der Waals surface area contributed by atoms with Gasteiger partial charge in [-0.1, -0.05) is 48.5 Å². The number of para-hydroxylation sites is 1. The molecule has 0 spiro atoms. The highest BCUT2D eigenvalue weighted by molar-refractivity contribution is 6.22. The van der Waals surface area contributed by atoms with Crippen molar-refractivity contribution < 1.29 is 22.4 Å². The van der Waals surface area contributed by atoms with E-state index >= 15 is 0 Å². The number of halogens is 3. The van der Waals surface area contributed by atoms with E-state index < -0.39 is 17.8 Å². The number of hydrogen-bond acceptors (Lipinski definition) is 2. The molecule has 0 N–H and O–H groups in total. The molecule has 0 bridgehead atoms. The van der Waals surface area contributed by atoms with Gasteiger partial charge in [0.1, 0.15) is 5.58 Å². The van der Waals surface area contributed by atoms with Gasteiger partial charge in [0.25, 0.3) is 0 Å². The fraction of sp³-hybridized carbons (Fsp3) is 0.111. The molecule has 0 saturated heterocycles. The van der Waals surface area contributed by atoms with E-state index in [1.807, 2.05) is 0 Å². The highest BCUT2D eigenvalue weighted by Crippen LogP contribution is 2.39. The second-order valence-corrected chi connectivity index (χ2v) is 5.15. The van der Waals surface area contributed by atoms with Crippen LogP contribution in [0, 0.1) is 0 Å². The molecule has 122 valence electrons. The first-order chi connectivity index (χ1) is 11.4. The lowest BCUT2D eigenvalue weighted by atomic mass is 9.99. The number of benzene rings is 2. The molecule has 3 nitrogen and oxygen atoms in total. The standard InChI is InChI=1S/C18H12F3NO2/c1-11(23)22-16(12-7-3-2-4-8-12)15-13-9-5-6-10-14(13)24-17(15)18(19,20)21/h2-10H,1H3. The lowest BCUT2D eigenvalue weighted by Crippen LogP contribution is -2.13. The summed E-state index contributed by atoms with van der Waals surface area (Å²) in [7, 11) is 0. The van der Waals surface area contributed by atoms with Crippen LogP contribution in [0.4, 0.5) is 13.2 Å². The molecular weight excluding hydrogens is 319 g/mol. The van der Waals surface area contributed by atoms with Crippen LogP contribution in [0.15, 0.2) is 64.0 Å². The predicted molar refractivity (Wildman–Crippen MR) is 84.0 cm³/mol. The quantitative estimate of drug-likeness (QED) is 0.631. The minimum Gasteiger partial charge on any atom is -0.451 e. The average molecular weight is 331 g/mol. The van der Waals surface area contributed by atoms with Crippen molar-refractivity contribution in [2.45, 2.75) is 13.1 Å². The average Bonchev–Trinajstić information content (AvgIpc) is 2.93. The molecule has 0 aliphatic heterocycles. The molecule has 0 unspecified atom stereocenters. The van der Waals surface area contributed by atoms with Crippen LogP contribution < -0.4 is 0 Å². The van der Waals surface area contributed by atoms with Crippen molar-refractivity contribution in [1.82, 2.24) is 0 Å². The van der Waals surface area contributed by atoms with Gasteiger partial charge in [0.15, 0.2) is 0 Å². The summed E-state index contributed by atoms with van der Waals surface area (Å²) in [6.07, 6.45) is -4.71. The maximum Gasteiger partial charge on any atom is 0.450 e. The summed E-state index contributed by atoms with van der Waals surface area (Å²) in [4.78, 5) is 15.4. The van der Waals surface area contributed by atoms with Gasteiger partial charge in [-0.2, -0.15) is 13.2 Å². The fourth-order valence-electron chi connectivity index (χ4n) is 2.50. The minimum atomic E-state index is -4.71. The molecule has 3 aromatic rings. The largest absolute Gasteiger partial charge is 0.451 e. The highest BCUT2D eigenvalue weighted by atomic mass is 19.4. The normalized spacial score (nSPS) is 12.6. The van der Waals surface area contributed by atoms with E-state index in [0.29, 0.717) is 5.56 Å². The summed E-state index contributed by atoms with van der Waals surface area (Å²) in [5.41, 5.74) is 0.219. The molecule has 1 heterocycles. The Morgan fingerprint density at radius 3 is 2.25 bits per heavy atom. The summed E-state index contributed by atoms with van der Waals surface area (Å²) in [6.45, 7) is 1.19. The lowest BCUT2D eigenvalue weighted by Gasteiger charge is -2.09. The number of hydrogen-bond donors (Lipinski definition) is 0. The van der Waals surface area contributed by atoms with Crippen molar-refractivity contribution in [2.75, 3.05) is 0 Å². The fourth-order valence-corrected chi connectivity index (χ4v) is 2.50. The summed E-state index contributed by atoms with van der Waals surface area (Å²) < 4.78 is 45.4. The lowest BCUT2D eigenvalue weighted by molar-refractivity contribution is -0.152. The van der Waals surface area contributed by atoms with Crippen molar-refractivity contribution >= 4 is 22.6 Å². The molecule has 0 radical (unpaired) electrons. The van der Waals surface area contributed by atoms with Gasteiger partial charge >= 0.3 is 6.18 Å². The minimum absolute atomic E-state index is 0.0552. The highest BCUT2D eigenvalue weighted by Gasteiger charge is 2.40. The zero-order valence-corrected chi connectivity index (χ0v) is 12.6. The van der Waals surface area contributed by atoms with Crippen LogP contribution in [0.5, 0.6) is 0 Å². The van der Waals surface area contributed by atoms with E-state index in [1.165, 1.54) is 19.1 Å². The SMILES string of the molecule is CC(=O)N=C(c1ccccc1)c1c(C(F)(F)F)oc2ccccc12. The Hall–Kier alpha value is -2.89. The summed E-state index contributed by atoms with van der Waals surface area (Å²) in [5, 5.41) is 0.258. The molecule has 0 aliphatic carbocycles. The third-order valence-electron chi connectivity index (χ3n) is 3.41. The Morgan fingerprint density at radius 1 is 1.00 bits per heavy atom. The summed E-state index contributed by atoms with van der Waals surface area (Å²) in [5.74, 6) is -1.75. The van der Waals surface area contributed by atoms with Gasteiger partial charge in [-0.15, -0.1) is 0 Å². The first-order valence-electron chi connectivity index (χ1n) is 7.11. The third kappa shape index (κ3) is 2.95. The third-order valence-corrected chi connectivity index (χ3v) is 3.41. The van der Waals surface area contributed by atoms with E-state index in [9.17, 15) is 18.0 Å². The van der Waals surface area contributed by atoms with Gasteiger partial charge < -0.3 is 4.42 Å². The van der Waals surface area contributed by atoms with E-state index in [-0.39, 0.29) is 22.2 Å². The molecule has 1 aromatic heterocycles. The molecule has 1 amide bonds. The van der Waals surface area contributed by atoms with Gasteiger partial charge in [0.2, 0.25) is 11.7 Å². The summed E-state index contributed by atoms with van der Waals surface area (Å²) in [6, 6.07) is 14.4. The predicted octanol–water partition coefficient (Wildman–Crippen LogP) is 4.84. The van der Waals surface area contributed by atoms with E-state index in [1.54, 1.807) is 42.5 Å². The number of aliphatic imine (C=N–C) groups is 1. The number of carbonyl (C=O) groups is 1. The topological polar surface area (TPSA) is 42.6 Å². The molecule has 0 fully saturated rings. The van der Waals surface area contributed by atoms with Crippen LogP contribution in [0.2, 0.25) is 0 Å². The maximum atomic E-state index is 13.5. The molecule has 0 atom stereocenters. The second kappa shape index (κ2) is 5.96. The van der Waals surface area contributed by atoms with E-state index in [4.69, 9.17) is 4.42 Å². The number of nitrogens with zero attached hydrogens (tertiary/aromatic N) is 1. The van der Waals surface area contributed by atoms with Gasteiger partial charge in [-0.25, -0.2) is 4.99 Å². The van der Waals surface area contributed by atoms with Crippen molar-refractivity contribution in [2.24, 2.45) is 4.99 Å².